The summed E-state index contributed by atoms with van der Waals surface area (Å²) in [6, 6.07) is 9.49. The Labute approximate surface area is 167 Å². The second-order valence-electron chi connectivity index (χ2n) is 6.99. The molecule has 0 aliphatic carbocycles. The SMILES string of the molecule is Cc1ccc(S(=O)(=O)N2CCN(C(=O)c3ccccc3C(F)(F)F)CC2)cc1C. The maximum atomic E-state index is 13.2. The highest BCUT2D eigenvalue weighted by Gasteiger charge is 2.37. The number of hydrogen-bond donors (Lipinski definition) is 0. The van der Waals surface area contributed by atoms with Crippen molar-refractivity contribution in [3.8, 4) is 0 Å². The van der Waals surface area contributed by atoms with Gasteiger partial charge in [-0.15, -0.1) is 0 Å². The largest absolute Gasteiger partial charge is 0.417 e. The molecular weight excluding hydrogens is 405 g/mol. The summed E-state index contributed by atoms with van der Waals surface area (Å²) >= 11 is 0. The van der Waals surface area contributed by atoms with Crippen LogP contribution in [0.5, 0.6) is 0 Å². The molecule has 0 bridgehead atoms. The molecule has 2 aromatic carbocycles. The molecule has 1 aliphatic heterocycles. The first-order valence-electron chi connectivity index (χ1n) is 9.05. The minimum Gasteiger partial charge on any atom is -0.336 e. The number of carbonyl (C=O) groups is 1. The molecule has 29 heavy (non-hydrogen) atoms. The van der Waals surface area contributed by atoms with Crippen LogP contribution in [0.1, 0.15) is 27.0 Å². The molecule has 2 aromatic rings. The Kier molecular flexibility index (Phi) is 5.73. The summed E-state index contributed by atoms with van der Waals surface area (Å²) in [4.78, 5) is 14.1. The van der Waals surface area contributed by atoms with E-state index in [1.807, 2.05) is 13.8 Å². The maximum absolute atomic E-state index is 13.2. The molecule has 0 atom stereocenters. The number of carbonyl (C=O) groups excluding carboxylic acids is 1. The third-order valence-electron chi connectivity index (χ3n) is 5.10. The van der Waals surface area contributed by atoms with Gasteiger partial charge in [-0.25, -0.2) is 8.42 Å². The lowest BCUT2D eigenvalue weighted by atomic mass is 10.1. The van der Waals surface area contributed by atoms with Crippen molar-refractivity contribution in [2.24, 2.45) is 0 Å². The molecule has 9 heteroatoms. The van der Waals surface area contributed by atoms with Crippen molar-refractivity contribution in [3.63, 3.8) is 0 Å². The quantitative estimate of drug-likeness (QED) is 0.755. The van der Waals surface area contributed by atoms with Crippen LogP contribution in [0, 0.1) is 13.8 Å². The van der Waals surface area contributed by atoms with Gasteiger partial charge in [-0.2, -0.15) is 17.5 Å². The predicted octanol–water partition coefficient (Wildman–Crippen LogP) is 3.47. The number of amides is 1. The van der Waals surface area contributed by atoms with E-state index in [9.17, 15) is 26.4 Å². The highest BCUT2D eigenvalue weighted by Crippen LogP contribution is 2.32. The fourth-order valence-corrected chi connectivity index (χ4v) is 4.75. The Morgan fingerprint density at radius 3 is 2.14 bits per heavy atom. The van der Waals surface area contributed by atoms with E-state index in [0.29, 0.717) is 0 Å². The molecule has 0 unspecified atom stereocenters. The summed E-state index contributed by atoms with van der Waals surface area (Å²) in [7, 11) is -3.73. The van der Waals surface area contributed by atoms with Crippen molar-refractivity contribution < 1.29 is 26.4 Å². The summed E-state index contributed by atoms with van der Waals surface area (Å²) < 4.78 is 66.5. The molecule has 1 aliphatic rings. The zero-order chi connectivity index (χ0) is 21.4. The summed E-state index contributed by atoms with van der Waals surface area (Å²) in [5.41, 5.74) is 0.409. The third kappa shape index (κ3) is 4.30. The molecule has 3 rings (SSSR count). The van der Waals surface area contributed by atoms with Crippen LogP contribution >= 0.6 is 0 Å². The second-order valence-corrected chi connectivity index (χ2v) is 8.92. The number of piperazine rings is 1. The Hall–Kier alpha value is -2.39. The van der Waals surface area contributed by atoms with Crippen LogP contribution in [0.2, 0.25) is 0 Å². The zero-order valence-corrected chi connectivity index (χ0v) is 16.8. The number of halogens is 3. The van der Waals surface area contributed by atoms with E-state index in [4.69, 9.17) is 0 Å². The van der Waals surface area contributed by atoms with Crippen LogP contribution in [0.25, 0.3) is 0 Å². The first-order valence-corrected chi connectivity index (χ1v) is 10.5. The van der Waals surface area contributed by atoms with E-state index in [1.165, 1.54) is 27.4 Å². The van der Waals surface area contributed by atoms with Gasteiger partial charge in [0.15, 0.2) is 0 Å². The summed E-state index contributed by atoms with van der Waals surface area (Å²) in [6.45, 7) is 3.80. The normalized spacial score (nSPS) is 16.1. The number of aryl methyl sites for hydroxylation is 2. The topological polar surface area (TPSA) is 57.7 Å². The fraction of sp³-hybridized carbons (Fsp3) is 0.350. The van der Waals surface area contributed by atoms with E-state index >= 15 is 0 Å². The van der Waals surface area contributed by atoms with E-state index in [-0.39, 0.29) is 31.1 Å². The van der Waals surface area contributed by atoms with Crippen LogP contribution in [0.15, 0.2) is 47.4 Å². The van der Waals surface area contributed by atoms with Gasteiger partial charge in [-0.3, -0.25) is 4.79 Å². The Balaban J connectivity index is 1.76. The molecule has 1 fully saturated rings. The molecule has 0 radical (unpaired) electrons. The van der Waals surface area contributed by atoms with Gasteiger partial charge in [0.2, 0.25) is 10.0 Å². The van der Waals surface area contributed by atoms with Crippen molar-refractivity contribution in [2.45, 2.75) is 24.9 Å². The Bertz CT molecular complexity index is 1030. The molecule has 0 N–H and O–H groups in total. The van der Waals surface area contributed by atoms with E-state index in [0.717, 1.165) is 23.3 Å². The summed E-state index contributed by atoms with van der Waals surface area (Å²) in [6.07, 6.45) is -4.64. The van der Waals surface area contributed by atoms with Gasteiger partial charge in [0, 0.05) is 26.2 Å². The first-order chi connectivity index (χ1) is 13.5. The molecule has 156 valence electrons. The molecule has 1 heterocycles. The van der Waals surface area contributed by atoms with E-state index in [2.05, 4.69) is 0 Å². The Morgan fingerprint density at radius 1 is 0.931 bits per heavy atom. The van der Waals surface area contributed by atoms with E-state index in [1.54, 1.807) is 12.1 Å². The molecular formula is C20H21F3N2O3S. The average molecular weight is 426 g/mol. The first kappa shape index (κ1) is 21.3. The van der Waals surface area contributed by atoms with Crippen molar-refractivity contribution >= 4 is 15.9 Å². The fourth-order valence-electron chi connectivity index (χ4n) is 3.24. The van der Waals surface area contributed by atoms with Crippen LogP contribution in [0.4, 0.5) is 13.2 Å². The lowest BCUT2D eigenvalue weighted by Gasteiger charge is -2.34. The summed E-state index contributed by atoms with van der Waals surface area (Å²) in [5, 5.41) is 0. The highest BCUT2D eigenvalue weighted by molar-refractivity contribution is 7.89. The monoisotopic (exact) mass is 426 g/mol. The maximum Gasteiger partial charge on any atom is 0.417 e. The van der Waals surface area contributed by atoms with Crippen LogP contribution in [0.3, 0.4) is 0 Å². The van der Waals surface area contributed by atoms with E-state index < -0.39 is 33.2 Å². The smallest absolute Gasteiger partial charge is 0.336 e. The second kappa shape index (κ2) is 7.79. The van der Waals surface area contributed by atoms with Crippen LogP contribution in [-0.4, -0.2) is 49.7 Å². The Morgan fingerprint density at radius 2 is 1.55 bits per heavy atom. The number of hydrogen-bond acceptors (Lipinski definition) is 3. The lowest BCUT2D eigenvalue weighted by molar-refractivity contribution is -0.138. The van der Waals surface area contributed by atoms with Gasteiger partial charge >= 0.3 is 6.18 Å². The molecule has 1 amide bonds. The van der Waals surface area contributed by atoms with Crippen molar-refractivity contribution in [3.05, 3.63) is 64.7 Å². The van der Waals surface area contributed by atoms with Gasteiger partial charge in [0.25, 0.3) is 5.91 Å². The number of rotatable bonds is 3. The van der Waals surface area contributed by atoms with Crippen LogP contribution in [-0.2, 0) is 16.2 Å². The number of sulfonamides is 1. The number of nitrogens with zero attached hydrogens (tertiary/aromatic N) is 2. The number of benzene rings is 2. The average Bonchev–Trinajstić information content (AvgIpc) is 2.69. The minimum absolute atomic E-state index is 0.0229. The predicted molar refractivity (Wildman–Crippen MR) is 102 cm³/mol. The summed E-state index contributed by atoms with van der Waals surface area (Å²) in [5.74, 6) is -0.749. The van der Waals surface area contributed by atoms with Gasteiger partial charge in [-0.05, 0) is 49.2 Å². The van der Waals surface area contributed by atoms with Crippen molar-refractivity contribution in [2.75, 3.05) is 26.2 Å². The van der Waals surface area contributed by atoms with Gasteiger partial charge < -0.3 is 4.90 Å². The molecule has 0 spiro atoms. The van der Waals surface area contributed by atoms with Crippen molar-refractivity contribution in [1.82, 2.24) is 9.21 Å². The highest BCUT2D eigenvalue weighted by atomic mass is 32.2. The molecule has 0 saturated carbocycles. The minimum atomic E-state index is -4.64. The number of alkyl halides is 3. The van der Waals surface area contributed by atoms with Crippen molar-refractivity contribution in [1.29, 1.82) is 0 Å². The van der Waals surface area contributed by atoms with Gasteiger partial charge in [-0.1, -0.05) is 18.2 Å². The molecule has 1 saturated heterocycles. The van der Waals surface area contributed by atoms with Gasteiger partial charge in [0.1, 0.15) is 0 Å². The third-order valence-corrected chi connectivity index (χ3v) is 7.00. The lowest BCUT2D eigenvalue weighted by Crippen LogP contribution is -2.50. The molecule has 5 nitrogen and oxygen atoms in total. The molecule has 0 aromatic heterocycles. The van der Waals surface area contributed by atoms with Gasteiger partial charge in [0.05, 0.1) is 16.0 Å². The van der Waals surface area contributed by atoms with Crippen LogP contribution < -0.4 is 0 Å². The zero-order valence-electron chi connectivity index (χ0n) is 16.0. The standard InChI is InChI=1S/C20H21F3N2O3S/c1-14-7-8-16(13-15(14)2)29(27,28)25-11-9-24(10-12-25)19(26)17-5-3-4-6-18(17)20(21,22)23/h3-8,13H,9-12H2,1-2H3.